The predicted octanol–water partition coefficient (Wildman–Crippen LogP) is 0.726. The van der Waals surface area contributed by atoms with Crippen LogP contribution in [0.15, 0.2) is 29.6 Å². The third-order valence-corrected chi connectivity index (χ3v) is 3.26. The Morgan fingerprint density at radius 2 is 2.39 bits per heavy atom. The van der Waals surface area contributed by atoms with Crippen LogP contribution in [0.1, 0.15) is 18.0 Å². The summed E-state index contributed by atoms with van der Waals surface area (Å²) in [5.41, 5.74) is 1.03. The number of H-pyrrole nitrogens is 1. The van der Waals surface area contributed by atoms with E-state index in [9.17, 15) is 4.79 Å². The van der Waals surface area contributed by atoms with Crippen molar-refractivity contribution < 1.29 is 0 Å². The number of aromatic nitrogens is 4. The van der Waals surface area contributed by atoms with Crippen molar-refractivity contribution in [3.8, 4) is 0 Å². The number of hydrogen-bond donors (Lipinski definition) is 1. The van der Waals surface area contributed by atoms with E-state index >= 15 is 0 Å². The second-order valence-electron chi connectivity index (χ2n) is 4.63. The van der Waals surface area contributed by atoms with E-state index in [1.807, 2.05) is 28.9 Å². The number of anilines is 1. The first-order valence-electron chi connectivity index (χ1n) is 6.03. The Kier molecular flexibility index (Phi) is 2.62. The molecule has 2 aromatic heterocycles. The highest BCUT2D eigenvalue weighted by Crippen LogP contribution is 2.23. The maximum atomic E-state index is 11.7. The Bertz CT molecular complexity index is 602. The zero-order valence-electron chi connectivity index (χ0n) is 10.2. The minimum atomic E-state index is -0.130. The van der Waals surface area contributed by atoms with Gasteiger partial charge in [-0.15, -0.1) is 0 Å². The monoisotopic (exact) mass is 245 g/mol. The van der Waals surface area contributed by atoms with Crippen molar-refractivity contribution in [2.24, 2.45) is 0 Å². The molecule has 1 atom stereocenters. The van der Waals surface area contributed by atoms with Crippen molar-refractivity contribution in [3.05, 3.63) is 40.7 Å². The fraction of sp³-hybridized carbons (Fsp3) is 0.417. The molecule has 1 aliphatic rings. The van der Waals surface area contributed by atoms with Crippen LogP contribution in [0.4, 0.5) is 5.82 Å². The summed E-state index contributed by atoms with van der Waals surface area (Å²) in [7, 11) is 0. The SMILES string of the molecule is Cc1cnn(C2CCN(c3ncc[nH]c3=O)C2)c1. The van der Waals surface area contributed by atoms with Gasteiger partial charge in [0.05, 0.1) is 12.2 Å². The van der Waals surface area contributed by atoms with Crippen molar-refractivity contribution >= 4 is 5.82 Å². The molecule has 1 saturated heterocycles. The number of aryl methyl sites for hydroxylation is 1. The quantitative estimate of drug-likeness (QED) is 0.847. The minimum Gasteiger partial charge on any atom is -0.350 e. The molecule has 0 radical (unpaired) electrons. The molecule has 2 aromatic rings. The molecule has 1 unspecified atom stereocenters. The fourth-order valence-corrected chi connectivity index (χ4v) is 2.35. The molecule has 94 valence electrons. The zero-order valence-corrected chi connectivity index (χ0v) is 10.2. The van der Waals surface area contributed by atoms with Crippen LogP contribution in [0.3, 0.4) is 0 Å². The van der Waals surface area contributed by atoms with Crippen LogP contribution >= 0.6 is 0 Å². The van der Waals surface area contributed by atoms with Gasteiger partial charge in [-0.2, -0.15) is 5.10 Å². The minimum absolute atomic E-state index is 0.130. The summed E-state index contributed by atoms with van der Waals surface area (Å²) in [5, 5.41) is 4.33. The summed E-state index contributed by atoms with van der Waals surface area (Å²) >= 11 is 0. The number of nitrogens with one attached hydrogen (secondary N) is 1. The molecule has 1 aliphatic heterocycles. The van der Waals surface area contributed by atoms with E-state index in [0.717, 1.165) is 25.1 Å². The van der Waals surface area contributed by atoms with Crippen LogP contribution in [0.25, 0.3) is 0 Å². The van der Waals surface area contributed by atoms with Gasteiger partial charge >= 0.3 is 0 Å². The summed E-state index contributed by atoms with van der Waals surface area (Å²) < 4.78 is 1.98. The van der Waals surface area contributed by atoms with Crippen LogP contribution in [0.2, 0.25) is 0 Å². The topological polar surface area (TPSA) is 66.8 Å². The molecule has 0 aliphatic carbocycles. The van der Waals surface area contributed by atoms with Crippen LogP contribution in [-0.4, -0.2) is 32.8 Å². The molecule has 3 rings (SSSR count). The Labute approximate surface area is 104 Å². The molecular formula is C12H15N5O. The highest BCUT2D eigenvalue weighted by atomic mass is 16.1. The Morgan fingerprint density at radius 1 is 1.50 bits per heavy atom. The molecule has 1 fully saturated rings. The molecule has 0 saturated carbocycles. The van der Waals surface area contributed by atoms with E-state index in [0.29, 0.717) is 11.9 Å². The second kappa shape index (κ2) is 4.29. The van der Waals surface area contributed by atoms with Gasteiger partial charge in [0.25, 0.3) is 5.56 Å². The van der Waals surface area contributed by atoms with E-state index in [1.165, 1.54) is 0 Å². The predicted molar refractivity (Wildman–Crippen MR) is 67.7 cm³/mol. The van der Waals surface area contributed by atoms with E-state index in [2.05, 4.69) is 15.1 Å². The highest BCUT2D eigenvalue weighted by molar-refractivity contribution is 5.36. The van der Waals surface area contributed by atoms with Gasteiger partial charge in [-0.25, -0.2) is 4.98 Å². The molecule has 18 heavy (non-hydrogen) atoms. The molecule has 0 amide bonds. The molecule has 0 aromatic carbocycles. The van der Waals surface area contributed by atoms with Gasteiger partial charge in [-0.05, 0) is 18.9 Å². The number of nitrogens with zero attached hydrogens (tertiary/aromatic N) is 4. The molecular weight excluding hydrogens is 230 g/mol. The molecule has 0 bridgehead atoms. The average Bonchev–Trinajstić information content (AvgIpc) is 2.98. The van der Waals surface area contributed by atoms with Crippen LogP contribution in [0.5, 0.6) is 0 Å². The molecule has 0 spiro atoms. The van der Waals surface area contributed by atoms with Crippen molar-refractivity contribution in [2.75, 3.05) is 18.0 Å². The van der Waals surface area contributed by atoms with Gasteiger partial charge in [0.2, 0.25) is 0 Å². The van der Waals surface area contributed by atoms with Crippen LogP contribution in [-0.2, 0) is 0 Å². The van der Waals surface area contributed by atoms with E-state index in [1.54, 1.807) is 12.4 Å². The lowest BCUT2D eigenvalue weighted by Gasteiger charge is -2.16. The number of aromatic amines is 1. The van der Waals surface area contributed by atoms with Gasteiger partial charge in [0.15, 0.2) is 5.82 Å². The molecule has 1 N–H and O–H groups in total. The van der Waals surface area contributed by atoms with Crippen molar-refractivity contribution in [1.29, 1.82) is 0 Å². The summed E-state index contributed by atoms with van der Waals surface area (Å²) in [4.78, 5) is 20.5. The summed E-state index contributed by atoms with van der Waals surface area (Å²) in [6, 6.07) is 0.320. The number of rotatable bonds is 2. The molecule has 6 heteroatoms. The van der Waals surface area contributed by atoms with E-state index in [4.69, 9.17) is 0 Å². The van der Waals surface area contributed by atoms with Gasteiger partial charge in [0, 0.05) is 31.7 Å². The van der Waals surface area contributed by atoms with Crippen molar-refractivity contribution in [1.82, 2.24) is 19.7 Å². The van der Waals surface area contributed by atoms with E-state index in [-0.39, 0.29) is 5.56 Å². The third kappa shape index (κ3) is 1.90. The summed E-state index contributed by atoms with van der Waals surface area (Å²) in [6.07, 6.45) is 8.04. The highest BCUT2D eigenvalue weighted by Gasteiger charge is 2.26. The maximum Gasteiger partial charge on any atom is 0.290 e. The largest absolute Gasteiger partial charge is 0.350 e. The normalized spacial score (nSPS) is 19.4. The van der Waals surface area contributed by atoms with Crippen molar-refractivity contribution in [3.63, 3.8) is 0 Å². The van der Waals surface area contributed by atoms with Crippen LogP contribution in [0, 0.1) is 6.92 Å². The first-order valence-corrected chi connectivity index (χ1v) is 6.03. The number of hydrogen-bond acceptors (Lipinski definition) is 4. The lowest BCUT2D eigenvalue weighted by molar-refractivity contribution is 0.494. The standard InChI is InChI=1S/C12H15N5O/c1-9-6-15-17(7-9)10-2-5-16(8-10)11-12(18)14-4-3-13-11/h3-4,6-7,10H,2,5,8H2,1H3,(H,14,18). The van der Waals surface area contributed by atoms with Gasteiger partial charge in [0.1, 0.15) is 0 Å². The lowest BCUT2D eigenvalue weighted by atomic mass is 10.3. The first kappa shape index (κ1) is 11.0. The summed E-state index contributed by atoms with van der Waals surface area (Å²) in [6.45, 7) is 3.64. The van der Waals surface area contributed by atoms with Gasteiger partial charge in [-0.1, -0.05) is 0 Å². The third-order valence-electron chi connectivity index (χ3n) is 3.26. The average molecular weight is 245 g/mol. The first-order chi connectivity index (χ1) is 8.74. The Hall–Kier alpha value is -2.11. The smallest absolute Gasteiger partial charge is 0.290 e. The lowest BCUT2D eigenvalue weighted by Crippen LogP contribution is -2.28. The molecule has 6 nitrogen and oxygen atoms in total. The van der Waals surface area contributed by atoms with E-state index < -0.39 is 0 Å². The van der Waals surface area contributed by atoms with Crippen LogP contribution < -0.4 is 10.5 Å². The van der Waals surface area contributed by atoms with Gasteiger partial charge < -0.3 is 9.88 Å². The van der Waals surface area contributed by atoms with Crippen molar-refractivity contribution in [2.45, 2.75) is 19.4 Å². The fourth-order valence-electron chi connectivity index (χ4n) is 2.35. The zero-order chi connectivity index (χ0) is 12.5. The summed E-state index contributed by atoms with van der Waals surface area (Å²) in [5.74, 6) is 0.504. The Balaban J connectivity index is 1.80. The maximum absolute atomic E-state index is 11.7. The Morgan fingerprint density at radius 3 is 3.11 bits per heavy atom. The second-order valence-corrected chi connectivity index (χ2v) is 4.63. The van der Waals surface area contributed by atoms with Gasteiger partial charge in [-0.3, -0.25) is 9.48 Å². The molecule has 3 heterocycles.